The third kappa shape index (κ3) is 4.08. The molecule has 4 heterocycles. The zero-order valence-electron chi connectivity index (χ0n) is 20.0. The van der Waals surface area contributed by atoms with Crippen molar-refractivity contribution in [3.8, 4) is 17.1 Å². The smallest absolute Gasteiger partial charge is 0.261 e. The van der Waals surface area contributed by atoms with E-state index in [1.807, 2.05) is 36.4 Å². The fourth-order valence-corrected chi connectivity index (χ4v) is 4.13. The number of aryl methyl sites for hydroxylation is 1. The standard InChI is InChI=1S/C26H21N9O2/c1-34-15-28-24(33-34)17-8-4-10-20(23(17)37-2)31-26(36)18-14-29-35-13-11-21(32-25(18)35)30-19-9-3-6-16-7-5-12-27-22(16)19/h3-15H,1-2H3,(H,30,32)(H,31,36). The van der Waals surface area contributed by atoms with Crippen molar-refractivity contribution in [1.29, 1.82) is 0 Å². The summed E-state index contributed by atoms with van der Waals surface area (Å²) in [4.78, 5) is 26.8. The zero-order valence-corrected chi connectivity index (χ0v) is 20.0. The maximum Gasteiger partial charge on any atom is 0.261 e. The van der Waals surface area contributed by atoms with Crippen molar-refractivity contribution in [2.75, 3.05) is 17.7 Å². The predicted molar refractivity (Wildman–Crippen MR) is 139 cm³/mol. The van der Waals surface area contributed by atoms with Crippen LogP contribution in [-0.2, 0) is 7.05 Å². The van der Waals surface area contributed by atoms with Gasteiger partial charge in [-0.05, 0) is 30.3 Å². The molecule has 2 N–H and O–H groups in total. The summed E-state index contributed by atoms with van der Waals surface area (Å²) in [6, 6.07) is 16.9. The molecule has 0 aliphatic rings. The van der Waals surface area contributed by atoms with Gasteiger partial charge >= 0.3 is 0 Å². The number of hydrogen-bond acceptors (Lipinski definition) is 8. The summed E-state index contributed by atoms with van der Waals surface area (Å²) in [5, 5.41) is 15.9. The fourth-order valence-electron chi connectivity index (χ4n) is 4.13. The lowest BCUT2D eigenvalue weighted by Gasteiger charge is -2.13. The molecule has 0 spiro atoms. The Labute approximate surface area is 210 Å². The first kappa shape index (κ1) is 22.2. The maximum absolute atomic E-state index is 13.3. The number of nitrogens with one attached hydrogen (secondary N) is 2. The van der Waals surface area contributed by atoms with Gasteiger partial charge in [-0.2, -0.15) is 10.2 Å². The lowest BCUT2D eigenvalue weighted by Crippen LogP contribution is -2.13. The topological polar surface area (TPSA) is 124 Å². The molecule has 0 aliphatic carbocycles. The average molecular weight is 492 g/mol. The van der Waals surface area contributed by atoms with Crippen LogP contribution in [0.4, 0.5) is 17.2 Å². The molecule has 0 saturated carbocycles. The van der Waals surface area contributed by atoms with Gasteiger partial charge in [0.05, 0.1) is 35.8 Å². The van der Waals surface area contributed by atoms with Gasteiger partial charge in [-0.15, -0.1) is 0 Å². The number of rotatable bonds is 6. The Morgan fingerprint density at radius 2 is 1.84 bits per heavy atom. The number of benzene rings is 2. The Balaban J connectivity index is 1.32. The van der Waals surface area contributed by atoms with Crippen LogP contribution in [0, 0.1) is 0 Å². The van der Waals surface area contributed by atoms with E-state index in [0.29, 0.717) is 39.9 Å². The monoisotopic (exact) mass is 491 g/mol. The number of carbonyl (C=O) groups excluding carboxylic acids is 1. The molecule has 0 atom stereocenters. The van der Waals surface area contributed by atoms with Crippen LogP contribution >= 0.6 is 0 Å². The van der Waals surface area contributed by atoms with Crippen molar-refractivity contribution in [2.45, 2.75) is 0 Å². The quantitative estimate of drug-likeness (QED) is 0.357. The SMILES string of the molecule is COc1c(NC(=O)c2cnn3ccc(Nc4cccc5cccnc45)nc23)cccc1-c1ncn(C)n1. The number of nitrogens with zero attached hydrogens (tertiary/aromatic N) is 7. The van der Waals surface area contributed by atoms with Gasteiger partial charge in [-0.1, -0.05) is 24.3 Å². The maximum atomic E-state index is 13.3. The number of anilines is 3. The van der Waals surface area contributed by atoms with Crippen LogP contribution in [0.25, 0.3) is 27.9 Å². The molecule has 4 aromatic heterocycles. The van der Waals surface area contributed by atoms with Crippen LogP contribution in [0.3, 0.4) is 0 Å². The molecular weight excluding hydrogens is 470 g/mol. The van der Waals surface area contributed by atoms with Crippen LogP contribution in [0.15, 0.2) is 79.5 Å². The predicted octanol–water partition coefficient (Wildman–Crippen LogP) is 4.08. The summed E-state index contributed by atoms with van der Waals surface area (Å²) >= 11 is 0. The third-order valence-electron chi connectivity index (χ3n) is 5.82. The summed E-state index contributed by atoms with van der Waals surface area (Å²) in [5.74, 6) is 1.13. The highest BCUT2D eigenvalue weighted by Crippen LogP contribution is 2.35. The molecule has 11 heteroatoms. The van der Waals surface area contributed by atoms with Crippen LogP contribution in [0.1, 0.15) is 10.4 Å². The number of para-hydroxylation sites is 2. The Morgan fingerprint density at radius 3 is 2.68 bits per heavy atom. The van der Waals surface area contributed by atoms with E-state index in [4.69, 9.17) is 4.74 Å². The van der Waals surface area contributed by atoms with Crippen molar-refractivity contribution in [1.82, 2.24) is 34.3 Å². The van der Waals surface area contributed by atoms with E-state index in [1.54, 1.807) is 53.2 Å². The molecule has 0 fully saturated rings. The Kier molecular flexibility index (Phi) is 5.41. The Morgan fingerprint density at radius 1 is 1.00 bits per heavy atom. The van der Waals surface area contributed by atoms with Gasteiger partial charge in [0.15, 0.2) is 17.2 Å². The second-order valence-electron chi connectivity index (χ2n) is 8.23. The van der Waals surface area contributed by atoms with Gasteiger partial charge in [-0.25, -0.2) is 14.5 Å². The van der Waals surface area contributed by atoms with Crippen LogP contribution in [0.2, 0.25) is 0 Å². The highest BCUT2D eigenvalue weighted by molar-refractivity contribution is 6.09. The molecule has 182 valence electrons. The summed E-state index contributed by atoms with van der Waals surface area (Å²) in [5.41, 5.74) is 3.49. The first-order chi connectivity index (χ1) is 18.1. The minimum absolute atomic E-state index is 0.308. The van der Waals surface area contributed by atoms with E-state index in [1.165, 1.54) is 13.3 Å². The molecule has 0 saturated heterocycles. The first-order valence-corrected chi connectivity index (χ1v) is 11.4. The molecule has 0 unspecified atom stereocenters. The van der Waals surface area contributed by atoms with Gasteiger partial charge in [0, 0.05) is 24.8 Å². The number of ether oxygens (including phenoxy) is 1. The number of hydrogen-bond donors (Lipinski definition) is 2. The Bertz CT molecular complexity index is 1770. The minimum Gasteiger partial charge on any atom is -0.494 e. The number of fused-ring (bicyclic) bond motifs is 2. The van der Waals surface area contributed by atoms with E-state index in [9.17, 15) is 4.79 Å². The summed E-state index contributed by atoms with van der Waals surface area (Å²) in [7, 11) is 3.32. The van der Waals surface area contributed by atoms with E-state index >= 15 is 0 Å². The molecule has 0 aliphatic heterocycles. The highest BCUT2D eigenvalue weighted by atomic mass is 16.5. The molecule has 0 bridgehead atoms. The Hall–Kier alpha value is -5.32. The molecule has 1 amide bonds. The molecule has 11 nitrogen and oxygen atoms in total. The van der Waals surface area contributed by atoms with Gasteiger partial charge in [-0.3, -0.25) is 14.5 Å². The third-order valence-corrected chi connectivity index (χ3v) is 5.82. The molecular formula is C26H21N9O2. The van der Waals surface area contributed by atoms with Crippen molar-refractivity contribution in [3.05, 3.63) is 85.1 Å². The van der Waals surface area contributed by atoms with Gasteiger partial charge in [0.1, 0.15) is 17.7 Å². The normalized spacial score (nSPS) is 11.1. The number of amides is 1. The summed E-state index contributed by atoms with van der Waals surface area (Å²) in [6.07, 6.45) is 6.58. The molecule has 6 rings (SSSR count). The second kappa shape index (κ2) is 9.04. The molecule has 0 radical (unpaired) electrons. The van der Waals surface area contributed by atoms with Gasteiger partial charge < -0.3 is 15.4 Å². The lowest BCUT2D eigenvalue weighted by atomic mass is 10.1. The van der Waals surface area contributed by atoms with Gasteiger partial charge in [0.25, 0.3) is 5.91 Å². The fraction of sp³-hybridized carbons (Fsp3) is 0.0769. The second-order valence-corrected chi connectivity index (χ2v) is 8.23. The number of aromatic nitrogens is 7. The number of pyridine rings is 1. The number of methoxy groups -OCH3 is 1. The minimum atomic E-state index is -0.379. The van der Waals surface area contributed by atoms with E-state index in [2.05, 4.69) is 35.8 Å². The molecule has 6 aromatic rings. The molecule has 37 heavy (non-hydrogen) atoms. The van der Waals surface area contributed by atoms with Crippen molar-refractivity contribution >= 4 is 39.6 Å². The molecule has 2 aromatic carbocycles. The first-order valence-electron chi connectivity index (χ1n) is 11.4. The average Bonchev–Trinajstić information content (AvgIpc) is 3.55. The highest BCUT2D eigenvalue weighted by Gasteiger charge is 2.19. The largest absolute Gasteiger partial charge is 0.494 e. The van der Waals surface area contributed by atoms with E-state index in [0.717, 1.165) is 16.6 Å². The summed E-state index contributed by atoms with van der Waals surface area (Å²) < 4.78 is 8.76. The summed E-state index contributed by atoms with van der Waals surface area (Å²) in [6.45, 7) is 0. The van der Waals surface area contributed by atoms with Crippen LogP contribution in [0.5, 0.6) is 5.75 Å². The van der Waals surface area contributed by atoms with Crippen LogP contribution in [-0.4, -0.2) is 47.4 Å². The zero-order chi connectivity index (χ0) is 25.4. The van der Waals surface area contributed by atoms with E-state index in [-0.39, 0.29) is 5.91 Å². The lowest BCUT2D eigenvalue weighted by molar-refractivity contribution is 0.102. The van der Waals surface area contributed by atoms with Crippen molar-refractivity contribution in [2.24, 2.45) is 7.05 Å². The van der Waals surface area contributed by atoms with Gasteiger partial charge in [0.2, 0.25) is 0 Å². The number of carbonyl (C=O) groups is 1. The van der Waals surface area contributed by atoms with Crippen molar-refractivity contribution < 1.29 is 9.53 Å². The van der Waals surface area contributed by atoms with Crippen LogP contribution < -0.4 is 15.4 Å². The van der Waals surface area contributed by atoms with E-state index < -0.39 is 0 Å². The van der Waals surface area contributed by atoms with Crippen molar-refractivity contribution in [3.63, 3.8) is 0 Å².